The first-order valence-electron chi connectivity index (χ1n) is 11.2. The molecule has 1 aromatic rings. The molecule has 28 heavy (non-hydrogen) atoms. The van der Waals surface area contributed by atoms with E-state index in [9.17, 15) is 4.79 Å². The highest BCUT2D eigenvalue weighted by molar-refractivity contribution is 8.93. The predicted molar refractivity (Wildman–Crippen MR) is 127 cm³/mol. The van der Waals surface area contributed by atoms with Gasteiger partial charge in [0.1, 0.15) is 5.75 Å². The zero-order chi connectivity index (χ0) is 19.6. The molecular weight excluding hydrogens is 414 g/mol. The van der Waals surface area contributed by atoms with Crippen molar-refractivity contribution in [3.63, 3.8) is 0 Å². The van der Waals surface area contributed by atoms with E-state index in [2.05, 4.69) is 12.2 Å². The van der Waals surface area contributed by atoms with E-state index in [1.165, 1.54) is 96.8 Å². The molecular formula is C24H42BrNO2. The summed E-state index contributed by atoms with van der Waals surface area (Å²) in [5, 5.41) is 3.43. The van der Waals surface area contributed by atoms with Gasteiger partial charge >= 0.3 is 5.97 Å². The van der Waals surface area contributed by atoms with Crippen molar-refractivity contribution in [1.29, 1.82) is 0 Å². The van der Waals surface area contributed by atoms with E-state index in [1.54, 1.807) is 0 Å². The Hall–Kier alpha value is -1.03. The van der Waals surface area contributed by atoms with E-state index >= 15 is 0 Å². The number of rotatable bonds is 17. The van der Waals surface area contributed by atoms with Crippen molar-refractivity contribution in [2.45, 2.75) is 104 Å². The molecule has 1 rings (SSSR count). The Morgan fingerprint density at radius 1 is 0.750 bits per heavy atom. The molecule has 0 saturated heterocycles. The summed E-state index contributed by atoms with van der Waals surface area (Å²) in [4.78, 5) is 10.9. The van der Waals surface area contributed by atoms with Crippen LogP contribution in [0, 0.1) is 0 Å². The van der Waals surface area contributed by atoms with Crippen molar-refractivity contribution < 1.29 is 9.53 Å². The zero-order valence-corrected chi connectivity index (χ0v) is 19.9. The second-order valence-electron chi connectivity index (χ2n) is 7.64. The van der Waals surface area contributed by atoms with Gasteiger partial charge < -0.3 is 10.1 Å². The normalized spacial score (nSPS) is 10.4. The minimum Gasteiger partial charge on any atom is -0.427 e. The Morgan fingerprint density at radius 2 is 1.18 bits per heavy atom. The van der Waals surface area contributed by atoms with E-state index in [4.69, 9.17) is 4.74 Å². The molecule has 0 aromatic heterocycles. The first kappa shape index (κ1) is 27.0. The van der Waals surface area contributed by atoms with Gasteiger partial charge in [-0.1, -0.05) is 90.4 Å². The predicted octanol–water partition coefficient (Wildman–Crippen LogP) is 8.08. The lowest BCUT2D eigenvalue weighted by molar-refractivity contribution is -0.131. The van der Waals surface area contributed by atoms with Crippen molar-refractivity contribution in [2.24, 2.45) is 0 Å². The van der Waals surface area contributed by atoms with Gasteiger partial charge in [-0.2, -0.15) is 0 Å². The van der Waals surface area contributed by atoms with Crippen molar-refractivity contribution in [2.75, 3.05) is 11.9 Å². The maximum atomic E-state index is 10.9. The van der Waals surface area contributed by atoms with Crippen LogP contribution in [0.4, 0.5) is 5.69 Å². The average Bonchev–Trinajstić information content (AvgIpc) is 2.66. The summed E-state index contributed by atoms with van der Waals surface area (Å²) in [7, 11) is 0. The lowest BCUT2D eigenvalue weighted by atomic mass is 10.0. The molecule has 0 fully saturated rings. The van der Waals surface area contributed by atoms with Gasteiger partial charge in [-0.3, -0.25) is 4.79 Å². The van der Waals surface area contributed by atoms with Crippen LogP contribution in [-0.4, -0.2) is 12.5 Å². The zero-order valence-electron chi connectivity index (χ0n) is 18.1. The number of halogens is 1. The molecule has 0 heterocycles. The Labute approximate surface area is 183 Å². The van der Waals surface area contributed by atoms with Gasteiger partial charge in [0.15, 0.2) is 0 Å². The fourth-order valence-corrected chi connectivity index (χ4v) is 3.36. The molecule has 1 N–H and O–H groups in total. The van der Waals surface area contributed by atoms with Crippen LogP contribution in [0.15, 0.2) is 24.3 Å². The number of hydrogen-bond acceptors (Lipinski definition) is 3. The summed E-state index contributed by atoms with van der Waals surface area (Å²) in [6.07, 6.45) is 19.5. The molecule has 0 amide bonds. The summed E-state index contributed by atoms with van der Waals surface area (Å²) in [6, 6.07) is 7.58. The van der Waals surface area contributed by atoms with E-state index in [1.807, 2.05) is 24.3 Å². The first-order chi connectivity index (χ1) is 13.2. The monoisotopic (exact) mass is 455 g/mol. The number of carbonyl (C=O) groups is 1. The van der Waals surface area contributed by atoms with Gasteiger partial charge in [-0.25, -0.2) is 0 Å². The highest BCUT2D eigenvalue weighted by Crippen LogP contribution is 2.16. The molecule has 1 aromatic carbocycles. The molecule has 0 radical (unpaired) electrons. The first-order valence-corrected chi connectivity index (χ1v) is 11.2. The number of esters is 1. The molecule has 0 aliphatic rings. The molecule has 4 heteroatoms. The SMILES string of the molecule is Br.CCCCCCCCCCCCCCCCNc1ccc(OC(C)=O)cc1. The van der Waals surface area contributed by atoms with Crippen LogP contribution in [0.25, 0.3) is 0 Å². The average molecular weight is 457 g/mol. The Bertz CT molecular complexity index is 476. The highest BCUT2D eigenvalue weighted by Gasteiger charge is 1.98. The molecule has 0 saturated carbocycles. The second-order valence-corrected chi connectivity index (χ2v) is 7.64. The quantitative estimate of drug-likeness (QED) is 0.146. The summed E-state index contributed by atoms with van der Waals surface area (Å²) in [5.41, 5.74) is 1.08. The molecule has 0 spiro atoms. The van der Waals surface area contributed by atoms with Gasteiger partial charge in [-0.15, -0.1) is 17.0 Å². The van der Waals surface area contributed by atoms with Crippen LogP contribution < -0.4 is 10.1 Å². The molecule has 0 bridgehead atoms. The molecule has 0 aliphatic heterocycles. The fraction of sp³-hybridized carbons (Fsp3) is 0.708. The number of nitrogens with one attached hydrogen (secondary N) is 1. The van der Waals surface area contributed by atoms with Crippen LogP contribution >= 0.6 is 17.0 Å². The number of hydrogen-bond donors (Lipinski definition) is 1. The summed E-state index contributed by atoms with van der Waals surface area (Å²) in [5.74, 6) is 0.322. The molecule has 0 unspecified atom stereocenters. The number of carbonyl (C=O) groups excluding carboxylic acids is 1. The van der Waals surface area contributed by atoms with Gasteiger partial charge in [0, 0.05) is 19.2 Å². The summed E-state index contributed by atoms with van der Waals surface area (Å²) < 4.78 is 5.03. The lowest BCUT2D eigenvalue weighted by Gasteiger charge is -2.07. The topological polar surface area (TPSA) is 38.3 Å². The van der Waals surface area contributed by atoms with E-state index < -0.39 is 0 Å². The van der Waals surface area contributed by atoms with E-state index in [0.29, 0.717) is 5.75 Å². The van der Waals surface area contributed by atoms with Crippen LogP contribution in [0.1, 0.15) is 104 Å². The summed E-state index contributed by atoms with van der Waals surface area (Å²) >= 11 is 0. The minimum absolute atomic E-state index is 0. The van der Waals surface area contributed by atoms with Crippen molar-refractivity contribution in [1.82, 2.24) is 0 Å². The Balaban J connectivity index is 0.00000729. The number of unbranched alkanes of at least 4 members (excludes halogenated alkanes) is 13. The lowest BCUT2D eigenvalue weighted by Crippen LogP contribution is -2.03. The van der Waals surface area contributed by atoms with Crippen LogP contribution in [0.2, 0.25) is 0 Å². The summed E-state index contributed by atoms with van der Waals surface area (Å²) in [6.45, 7) is 4.70. The third kappa shape index (κ3) is 16.0. The second kappa shape index (κ2) is 19.3. The molecule has 0 aliphatic carbocycles. The standard InChI is InChI=1S/C24H41NO2.BrH/c1-3-4-5-6-7-8-9-10-11-12-13-14-15-16-21-25-23-17-19-24(20-18-23)27-22(2)26;/h17-20,25H,3-16,21H2,1-2H3;1H. The third-order valence-electron chi connectivity index (χ3n) is 4.98. The third-order valence-corrected chi connectivity index (χ3v) is 4.98. The smallest absolute Gasteiger partial charge is 0.308 e. The Kier molecular flexibility index (Phi) is 18.6. The van der Waals surface area contributed by atoms with Crippen LogP contribution in [0.5, 0.6) is 5.75 Å². The van der Waals surface area contributed by atoms with E-state index in [-0.39, 0.29) is 23.0 Å². The minimum atomic E-state index is -0.280. The molecule has 3 nitrogen and oxygen atoms in total. The molecule has 162 valence electrons. The van der Waals surface area contributed by atoms with Gasteiger partial charge in [0.05, 0.1) is 0 Å². The van der Waals surface area contributed by atoms with Crippen LogP contribution in [0.3, 0.4) is 0 Å². The van der Waals surface area contributed by atoms with E-state index in [0.717, 1.165) is 12.2 Å². The van der Waals surface area contributed by atoms with Crippen molar-refractivity contribution in [3.05, 3.63) is 24.3 Å². The largest absolute Gasteiger partial charge is 0.427 e. The van der Waals surface area contributed by atoms with Gasteiger partial charge in [-0.05, 0) is 30.7 Å². The highest BCUT2D eigenvalue weighted by atomic mass is 79.9. The fourth-order valence-electron chi connectivity index (χ4n) is 3.36. The van der Waals surface area contributed by atoms with Crippen molar-refractivity contribution in [3.8, 4) is 5.75 Å². The van der Waals surface area contributed by atoms with Crippen molar-refractivity contribution >= 4 is 28.6 Å². The van der Waals surface area contributed by atoms with Crippen LogP contribution in [-0.2, 0) is 4.79 Å². The molecule has 0 atom stereocenters. The van der Waals surface area contributed by atoms with Gasteiger partial charge in [0.2, 0.25) is 0 Å². The van der Waals surface area contributed by atoms with Gasteiger partial charge in [0.25, 0.3) is 0 Å². The number of ether oxygens (including phenoxy) is 1. The maximum absolute atomic E-state index is 10.9. The number of benzene rings is 1. The number of anilines is 1. The maximum Gasteiger partial charge on any atom is 0.308 e. The Morgan fingerprint density at radius 3 is 1.61 bits per heavy atom.